The summed E-state index contributed by atoms with van der Waals surface area (Å²) < 4.78 is 5.04. The van der Waals surface area contributed by atoms with Crippen LogP contribution in [0.5, 0.6) is 0 Å². The maximum Gasteiger partial charge on any atom is 0.306 e. The topological polar surface area (TPSA) is 114 Å². The standard InChI is InChI=1S/C57H59N3O5S2/c1-43(2)55(37-21-22-39-66-56(44-24-9-3-10-25-44,45-26-11-4-12-27-45)46-28-13-5-14-29-46)40-51(61)59-41-52(62)60-50(54(64)58-38-23-36-53(63)65-55)42-67-57(47-30-15-6-16-31-47,48-32-17-7-18-33-48)49-34-19-8-20-35-49/h3-21,24-35,37,43,50H,22-23,36,38-42H2,1-2H3,(H,58,64)(H,59,61)(H,60,62). The highest BCUT2D eigenvalue weighted by Gasteiger charge is 2.41. The fourth-order valence-corrected chi connectivity index (χ4v) is 11.7. The molecule has 6 aromatic rings. The third-order valence-electron chi connectivity index (χ3n) is 12.2. The summed E-state index contributed by atoms with van der Waals surface area (Å²) in [5.41, 5.74) is 5.28. The van der Waals surface area contributed by atoms with Crippen molar-refractivity contribution in [2.45, 2.75) is 60.7 Å². The highest BCUT2D eigenvalue weighted by molar-refractivity contribution is 8.00. The second-order valence-corrected chi connectivity index (χ2v) is 19.5. The van der Waals surface area contributed by atoms with Gasteiger partial charge in [0.05, 0.1) is 22.5 Å². The van der Waals surface area contributed by atoms with Crippen LogP contribution in [0.2, 0.25) is 0 Å². The van der Waals surface area contributed by atoms with Gasteiger partial charge in [-0.3, -0.25) is 19.2 Å². The van der Waals surface area contributed by atoms with E-state index in [2.05, 4.69) is 125 Å². The predicted molar refractivity (Wildman–Crippen MR) is 273 cm³/mol. The molecule has 0 aliphatic carbocycles. The Bertz CT molecular complexity index is 2350. The van der Waals surface area contributed by atoms with Crippen LogP contribution in [-0.2, 0) is 33.4 Å². The normalized spacial score (nSPS) is 18.0. The summed E-state index contributed by atoms with van der Waals surface area (Å²) in [5, 5.41) is 8.67. The summed E-state index contributed by atoms with van der Waals surface area (Å²) >= 11 is 3.39. The SMILES string of the molecule is CC(C)C1(C=CCCSC(c2ccccc2)(c2ccccc2)c2ccccc2)CC(=O)NCC(=O)NC(CSC(c2ccccc2)(c2ccccc2)c2ccccc2)C(=O)NCCCC(=O)O1. The van der Waals surface area contributed by atoms with Gasteiger partial charge in [-0.2, -0.15) is 0 Å². The average molecular weight is 930 g/mol. The number of rotatable bonds is 15. The van der Waals surface area contributed by atoms with Gasteiger partial charge in [-0.1, -0.05) is 202 Å². The second-order valence-electron chi connectivity index (χ2n) is 17.0. The number of amides is 3. The molecule has 2 unspecified atom stereocenters. The van der Waals surface area contributed by atoms with Crippen LogP contribution in [0.25, 0.3) is 0 Å². The van der Waals surface area contributed by atoms with E-state index in [0.29, 0.717) is 18.6 Å². The van der Waals surface area contributed by atoms with Gasteiger partial charge in [-0.05, 0) is 64.0 Å². The molecule has 1 aliphatic rings. The van der Waals surface area contributed by atoms with Crippen molar-refractivity contribution in [3.63, 3.8) is 0 Å². The van der Waals surface area contributed by atoms with Crippen molar-refractivity contribution in [3.8, 4) is 0 Å². The van der Waals surface area contributed by atoms with Crippen molar-refractivity contribution < 1.29 is 23.9 Å². The number of carbonyl (C=O) groups is 4. The van der Waals surface area contributed by atoms with Gasteiger partial charge in [0.2, 0.25) is 17.7 Å². The smallest absolute Gasteiger partial charge is 0.306 e. The van der Waals surface area contributed by atoms with E-state index >= 15 is 0 Å². The highest BCUT2D eigenvalue weighted by atomic mass is 32.2. The number of benzene rings is 6. The zero-order valence-electron chi connectivity index (χ0n) is 38.1. The molecule has 6 aromatic carbocycles. The largest absolute Gasteiger partial charge is 0.454 e. The summed E-state index contributed by atoms with van der Waals surface area (Å²) in [6.07, 6.45) is 4.64. The number of hydrogen-bond acceptors (Lipinski definition) is 7. The minimum atomic E-state index is -1.28. The molecule has 8 nitrogen and oxygen atoms in total. The van der Waals surface area contributed by atoms with Gasteiger partial charge in [-0.15, -0.1) is 23.5 Å². The zero-order valence-corrected chi connectivity index (χ0v) is 39.8. The predicted octanol–water partition coefficient (Wildman–Crippen LogP) is 10.2. The molecular formula is C57H59N3O5S2. The molecule has 0 bridgehead atoms. The molecule has 10 heteroatoms. The first-order valence-electron chi connectivity index (χ1n) is 23.0. The Balaban J connectivity index is 1.09. The lowest BCUT2D eigenvalue weighted by Gasteiger charge is -2.36. The number of cyclic esters (lactones) is 1. The molecule has 7 rings (SSSR count). The van der Waals surface area contributed by atoms with Crippen LogP contribution in [0.15, 0.2) is 194 Å². The average Bonchev–Trinajstić information content (AvgIpc) is 3.37. The van der Waals surface area contributed by atoms with Crippen LogP contribution in [0.4, 0.5) is 0 Å². The monoisotopic (exact) mass is 929 g/mol. The van der Waals surface area contributed by atoms with Crippen molar-refractivity contribution in [2.75, 3.05) is 24.6 Å². The lowest BCUT2D eigenvalue weighted by molar-refractivity contribution is -0.161. The van der Waals surface area contributed by atoms with Crippen LogP contribution in [0.3, 0.4) is 0 Å². The van der Waals surface area contributed by atoms with Crippen LogP contribution >= 0.6 is 23.5 Å². The fraction of sp³-hybridized carbons (Fsp3) is 0.263. The van der Waals surface area contributed by atoms with E-state index in [-0.39, 0.29) is 43.5 Å². The van der Waals surface area contributed by atoms with Gasteiger partial charge in [0.25, 0.3) is 0 Å². The lowest BCUT2D eigenvalue weighted by Crippen LogP contribution is -2.51. The Hall–Kier alpha value is -6.36. The van der Waals surface area contributed by atoms with E-state index in [1.165, 1.54) is 0 Å². The van der Waals surface area contributed by atoms with Crippen molar-refractivity contribution in [1.82, 2.24) is 16.0 Å². The summed E-state index contributed by atoms with van der Waals surface area (Å²) in [6, 6.07) is 61.0. The van der Waals surface area contributed by atoms with Crippen LogP contribution < -0.4 is 16.0 Å². The molecule has 0 aromatic heterocycles. The summed E-state index contributed by atoms with van der Waals surface area (Å²) in [5.74, 6) is -1.18. The molecule has 0 spiro atoms. The molecule has 1 aliphatic heterocycles. The Labute approximate surface area is 403 Å². The van der Waals surface area contributed by atoms with E-state index in [1.54, 1.807) is 11.8 Å². The molecule has 67 heavy (non-hydrogen) atoms. The molecule has 0 radical (unpaired) electrons. The molecule has 3 amide bonds. The van der Waals surface area contributed by atoms with E-state index < -0.39 is 38.9 Å². The summed E-state index contributed by atoms with van der Waals surface area (Å²) in [4.78, 5) is 55.2. The quantitative estimate of drug-likeness (QED) is 0.0407. The number of nitrogens with one attached hydrogen (secondary N) is 3. The molecule has 2 atom stereocenters. The molecule has 1 fully saturated rings. The van der Waals surface area contributed by atoms with Gasteiger partial charge in [0.1, 0.15) is 11.6 Å². The van der Waals surface area contributed by atoms with Gasteiger partial charge in [0.15, 0.2) is 0 Å². The minimum absolute atomic E-state index is 0.0265. The van der Waals surface area contributed by atoms with Gasteiger partial charge in [-0.25, -0.2) is 0 Å². The maximum atomic E-state index is 14.0. The minimum Gasteiger partial charge on any atom is -0.454 e. The third-order valence-corrected chi connectivity index (χ3v) is 15.4. The molecule has 0 saturated carbocycles. The Morgan fingerprint density at radius 1 is 0.597 bits per heavy atom. The van der Waals surface area contributed by atoms with Crippen LogP contribution in [-0.4, -0.2) is 59.9 Å². The number of ether oxygens (including phenoxy) is 1. The zero-order chi connectivity index (χ0) is 47.0. The maximum absolute atomic E-state index is 14.0. The van der Waals surface area contributed by atoms with Gasteiger partial charge < -0.3 is 20.7 Å². The molecule has 3 N–H and O–H groups in total. The Morgan fingerprint density at radius 3 is 1.43 bits per heavy atom. The van der Waals surface area contributed by atoms with E-state index in [4.69, 9.17) is 4.74 Å². The highest BCUT2D eigenvalue weighted by Crippen LogP contribution is 2.50. The first-order valence-corrected chi connectivity index (χ1v) is 25.0. The second kappa shape index (κ2) is 23.4. The van der Waals surface area contributed by atoms with E-state index in [9.17, 15) is 19.2 Å². The van der Waals surface area contributed by atoms with Crippen LogP contribution in [0.1, 0.15) is 72.9 Å². The molecular weight excluding hydrogens is 871 g/mol. The summed E-state index contributed by atoms with van der Waals surface area (Å²) in [6.45, 7) is 3.68. The summed E-state index contributed by atoms with van der Waals surface area (Å²) in [7, 11) is 0. The third kappa shape index (κ3) is 11.8. The van der Waals surface area contributed by atoms with Gasteiger partial charge >= 0.3 is 5.97 Å². The van der Waals surface area contributed by atoms with Crippen molar-refractivity contribution >= 4 is 47.2 Å². The number of esters is 1. The molecule has 344 valence electrons. The lowest BCUT2D eigenvalue weighted by atomic mass is 9.84. The first-order chi connectivity index (χ1) is 32.7. The van der Waals surface area contributed by atoms with Crippen molar-refractivity contribution in [1.29, 1.82) is 0 Å². The van der Waals surface area contributed by atoms with Gasteiger partial charge in [0, 0.05) is 18.7 Å². The number of thioether (sulfide) groups is 2. The van der Waals surface area contributed by atoms with Crippen molar-refractivity contribution in [3.05, 3.63) is 228 Å². The molecule has 1 heterocycles. The molecule has 1 saturated heterocycles. The van der Waals surface area contributed by atoms with Crippen molar-refractivity contribution in [2.24, 2.45) is 5.92 Å². The van der Waals surface area contributed by atoms with E-state index in [1.807, 2.05) is 111 Å². The number of allylic oxidation sites excluding steroid dienone is 1. The Kier molecular flexibility index (Phi) is 17.0. The van der Waals surface area contributed by atoms with Crippen LogP contribution in [0, 0.1) is 5.92 Å². The fourth-order valence-electron chi connectivity index (χ4n) is 8.70. The Morgan fingerprint density at radius 2 is 1.01 bits per heavy atom. The van der Waals surface area contributed by atoms with E-state index in [0.717, 1.165) is 33.4 Å². The number of hydrogen-bond donors (Lipinski definition) is 3. The number of carbonyl (C=O) groups excluding carboxylic acids is 4. The first kappa shape index (κ1) is 48.6.